The molecule has 4 nitrogen and oxygen atoms in total. The molecule has 15 rings (SSSR count). The normalized spacial score (nSPS) is 12.5. The van der Waals surface area contributed by atoms with E-state index in [1.807, 2.05) is 24.3 Å². The van der Waals surface area contributed by atoms with Gasteiger partial charge in [-0.2, -0.15) is 0 Å². The largest absolute Gasteiger partial charge is 0.453 e. The van der Waals surface area contributed by atoms with Crippen molar-refractivity contribution in [3.8, 4) is 67.5 Å². The second-order valence-electron chi connectivity index (χ2n) is 19.2. The summed E-state index contributed by atoms with van der Waals surface area (Å²) in [5.41, 5.74) is 15.3. The van der Waals surface area contributed by atoms with E-state index in [0.717, 1.165) is 123 Å². The Morgan fingerprint density at radius 1 is 0.230 bits per heavy atom. The Morgan fingerprint density at radius 2 is 0.554 bits per heavy atom. The number of hydrogen-bond donors (Lipinski definition) is 0. The SMILES string of the molecule is c1ccc2c(c1)Oc1ccccc1N2c1ccc2c(-c3ccccc3-c3ccc4ccccc4c3)c3cc(N4c5ccccc5Oc5ccccc54)ccc3c(-c3ccccc3-c3ccc4ccccc4c3)c2c1. The first-order valence-electron chi connectivity index (χ1n) is 25.2. The van der Waals surface area contributed by atoms with E-state index in [9.17, 15) is 0 Å². The minimum absolute atomic E-state index is 0.815. The van der Waals surface area contributed by atoms with Crippen molar-refractivity contribution >= 4 is 77.2 Å². The van der Waals surface area contributed by atoms with E-state index in [0.29, 0.717) is 0 Å². The minimum Gasteiger partial charge on any atom is -0.453 e. The lowest BCUT2D eigenvalue weighted by Crippen LogP contribution is -2.16. The predicted molar refractivity (Wildman–Crippen MR) is 308 cm³/mol. The molecule has 74 heavy (non-hydrogen) atoms. The molecule has 0 saturated heterocycles. The van der Waals surface area contributed by atoms with Gasteiger partial charge in [0.15, 0.2) is 23.0 Å². The summed E-state index contributed by atoms with van der Waals surface area (Å²) in [5, 5.41) is 9.42. The van der Waals surface area contributed by atoms with Crippen molar-refractivity contribution in [2.45, 2.75) is 0 Å². The minimum atomic E-state index is 0.815. The van der Waals surface area contributed by atoms with E-state index < -0.39 is 0 Å². The highest BCUT2D eigenvalue weighted by molar-refractivity contribution is 6.25. The molecule has 13 aromatic rings. The van der Waals surface area contributed by atoms with Gasteiger partial charge in [0.1, 0.15) is 0 Å². The van der Waals surface area contributed by atoms with E-state index in [1.165, 1.54) is 21.5 Å². The molecule has 0 radical (unpaired) electrons. The lowest BCUT2D eigenvalue weighted by molar-refractivity contribution is 0.477. The molecule has 0 bridgehead atoms. The van der Waals surface area contributed by atoms with E-state index >= 15 is 0 Å². The number of nitrogens with zero attached hydrogens (tertiary/aromatic N) is 2. The summed E-state index contributed by atoms with van der Waals surface area (Å²) in [6.07, 6.45) is 0. The van der Waals surface area contributed by atoms with Gasteiger partial charge in [0.05, 0.1) is 22.7 Å². The van der Waals surface area contributed by atoms with Gasteiger partial charge in [-0.25, -0.2) is 0 Å². The third-order valence-corrected chi connectivity index (χ3v) is 15.0. The van der Waals surface area contributed by atoms with Crippen molar-refractivity contribution in [2.75, 3.05) is 9.80 Å². The average molecular weight is 945 g/mol. The van der Waals surface area contributed by atoms with Gasteiger partial charge >= 0.3 is 0 Å². The van der Waals surface area contributed by atoms with Crippen LogP contribution in [0.25, 0.3) is 87.6 Å². The zero-order chi connectivity index (χ0) is 48.7. The first-order valence-corrected chi connectivity index (χ1v) is 25.2. The van der Waals surface area contributed by atoms with Gasteiger partial charge < -0.3 is 19.3 Å². The van der Waals surface area contributed by atoms with E-state index in [1.54, 1.807) is 0 Å². The Bertz CT molecular complexity index is 4050. The van der Waals surface area contributed by atoms with Crippen LogP contribution in [0.5, 0.6) is 23.0 Å². The summed E-state index contributed by atoms with van der Waals surface area (Å²) in [6.45, 7) is 0. The zero-order valence-corrected chi connectivity index (χ0v) is 40.1. The van der Waals surface area contributed by atoms with Crippen LogP contribution in [0.15, 0.2) is 267 Å². The molecule has 0 aliphatic carbocycles. The number of para-hydroxylation sites is 8. The smallest absolute Gasteiger partial charge is 0.151 e. The Hall–Kier alpha value is -9.90. The van der Waals surface area contributed by atoms with Crippen LogP contribution in [-0.2, 0) is 0 Å². The Morgan fingerprint density at radius 3 is 0.946 bits per heavy atom. The van der Waals surface area contributed by atoms with Crippen molar-refractivity contribution in [1.29, 1.82) is 0 Å². The van der Waals surface area contributed by atoms with Crippen molar-refractivity contribution in [3.05, 3.63) is 267 Å². The van der Waals surface area contributed by atoms with Gasteiger partial charge in [-0.3, -0.25) is 0 Å². The molecule has 346 valence electrons. The highest BCUT2D eigenvalue weighted by atomic mass is 16.5. The van der Waals surface area contributed by atoms with Gasteiger partial charge in [-0.15, -0.1) is 0 Å². The first-order chi connectivity index (χ1) is 36.7. The molecule has 0 saturated carbocycles. The highest BCUT2D eigenvalue weighted by Crippen LogP contribution is 2.56. The summed E-state index contributed by atoms with van der Waals surface area (Å²) in [6, 6.07) is 96.5. The average Bonchev–Trinajstić information content (AvgIpc) is 3.48. The van der Waals surface area contributed by atoms with Crippen LogP contribution in [0, 0.1) is 0 Å². The molecule has 13 aromatic carbocycles. The number of anilines is 6. The van der Waals surface area contributed by atoms with Crippen molar-refractivity contribution in [1.82, 2.24) is 0 Å². The fourth-order valence-electron chi connectivity index (χ4n) is 11.6. The Kier molecular flexibility index (Phi) is 9.54. The highest BCUT2D eigenvalue weighted by Gasteiger charge is 2.30. The zero-order valence-electron chi connectivity index (χ0n) is 40.1. The van der Waals surface area contributed by atoms with Crippen molar-refractivity contribution < 1.29 is 9.47 Å². The second-order valence-corrected chi connectivity index (χ2v) is 19.2. The van der Waals surface area contributed by atoms with Crippen LogP contribution < -0.4 is 19.3 Å². The molecule has 0 unspecified atom stereocenters. The topological polar surface area (TPSA) is 24.9 Å². The lowest BCUT2D eigenvalue weighted by atomic mass is 9.81. The lowest BCUT2D eigenvalue weighted by Gasteiger charge is -2.34. The summed E-state index contributed by atoms with van der Waals surface area (Å²) in [4.78, 5) is 4.71. The van der Waals surface area contributed by atoms with Gasteiger partial charge in [0.25, 0.3) is 0 Å². The molecule has 2 aliphatic rings. The van der Waals surface area contributed by atoms with Crippen LogP contribution in [0.2, 0.25) is 0 Å². The molecule has 0 amide bonds. The number of hydrogen-bond acceptors (Lipinski definition) is 4. The van der Waals surface area contributed by atoms with E-state index in [4.69, 9.17) is 9.47 Å². The van der Waals surface area contributed by atoms with Crippen molar-refractivity contribution in [3.63, 3.8) is 0 Å². The predicted octanol–water partition coefficient (Wildman–Crippen LogP) is 20.1. The third-order valence-electron chi connectivity index (χ3n) is 15.0. The van der Waals surface area contributed by atoms with Crippen LogP contribution in [0.4, 0.5) is 34.1 Å². The second kappa shape index (κ2) is 16.9. The molecule has 0 fully saturated rings. The number of rotatable bonds is 6. The number of fused-ring (bicyclic) bond motifs is 8. The van der Waals surface area contributed by atoms with Crippen LogP contribution in [-0.4, -0.2) is 0 Å². The first kappa shape index (κ1) is 41.8. The summed E-state index contributed by atoms with van der Waals surface area (Å²) in [7, 11) is 0. The Labute approximate surface area is 428 Å². The van der Waals surface area contributed by atoms with E-state index in [2.05, 4.69) is 252 Å². The number of benzene rings is 13. The van der Waals surface area contributed by atoms with Gasteiger partial charge in [-0.05, 0) is 173 Å². The molecule has 2 heterocycles. The molecule has 4 heteroatoms. The molecule has 0 atom stereocenters. The van der Waals surface area contributed by atoms with Gasteiger partial charge in [-0.1, -0.05) is 182 Å². The monoisotopic (exact) mass is 944 g/mol. The van der Waals surface area contributed by atoms with Gasteiger partial charge in [0.2, 0.25) is 0 Å². The maximum atomic E-state index is 6.57. The molecular formula is C70H44N2O2. The summed E-state index contributed by atoms with van der Waals surface area (Å²) < 4.78 is 13.1. The third kappa shape index (κ3) is 6.69. The van der Waals surface area contributed by atoms with Crippen LogP contribution in [0.1, 0.15) is 0 Å². The fourth-order valence-corrected chi connectivity index (χ4v) is 11.6. The number of ether oxygens (including phenoxy) is 2. The maximum Gasteiger partial charge on any atom is 0.151 e. The fraction of sp³-hybridized carbons (Fsp3) is 0. The Balaban J connectivity index is 1.08. The molecule has 2 aliphatic heterocycles. The quantitative estimate of drug-likeness (QED) is 0.155. The van der Waals surface area contributed by atoms with Crippen LogP contribution in [0.3, 0.4) is 0 Å². The molecule has 0 N–H and O–H groups in total. The van der Waals surface area contributed by atoms with E-state index in [-0.39, 0.29) is 0 Å². The summed E-state index contributed by atoms with van der Waals surface area (Å²) in [5.74, 6) is 3.26. The van der Waals surface area contributed by atoms with Gasteiger partial charge in [0, 0.05) is 11.4 Å². The summed E-state index contributed by atoms with van der Waals surface area (Å²) >= 11 is 0. The molecular weight excluding hydrogens is 901 g/mol. The van der Waals surface area contributed by atoms with Crippen molar-refractivity contribution in [2.24, 2.45) is 0 Å². The molecule has 0 aromatic heterocycles. The molecule has 0 spiro atoms. The van der Waals surface area contributed by atoms with Crippen LogP contribution >= 0.6 is 0 Å². The maximum absolute atomic E-state index is 6.57. The standard InChI is InChI=1S/C70H44N2O2/c1-3-19-47-41-49(35-33-45(47)17-1)53-21-5-7-23-55(53)69-57-39-37-52(72-63-27-11-15-31-67(63)74-68-32-16-12-28-64(68)72)44-60(57)70(56-24-8-6-22-54(56)50-36-34-46-18-2-4-20-48(46)42-50)58-40-38-51(43-59(58)69)71-61-25-9-13-29-65(61)73-66-30-14-10-26-62(66)71/h1-44H.